The maximum Gasteiger partial charge on any atom is 0.335 e. The van der Waals surface area contributed by atoms with E-state index in [0.29, 0.717) is 10.6 Å². The number of anilines is 1. The Morgan fingerprint density at radius 3 is 2.33 bits per heavy atom. The lowest BCUT2D eigenvalue weighted by atomic mass is 10.0. The van der Waals surface area contributed by atoms with Crippen molar-refractivity contribution in [1.82, 2.24) is 0 Å². The minimum absolute atomic E-state index is 0.144. The van der Waals surface area contributed by atoms with E-state index >= 15 is 0 Å². The molecule has 0 bridgehead atoms. The Labute approximate surface area is 159 Å². The molecule has 0 aliphatic heterocycles. The van der Waals surface area contributed by atoms with E-state index in [1.807, 2.05) is 54.6 Å². The molecule has 0 radical (unpaired) electrons. The molecule has 1 heterocycles. The van der Waals surface area contributed by atoms with Crippen LogP contribution in [0.25, 0.3) is 21.2 Å². The van der Waals surface area contributed by atoms with Crippen LogP contribution in [0.4, 0.5) is 5.69 Å². The summed E-state index contributed by atoms with van der Waals surface area (Å²) in [5.41, 5.74) is 2.73. The van der Waals surface area contributed by atoms with Crippen LogP contribution in [0.15, 0.2) is 78.9 Å². The molecule has 132 valence electrons. The molecule has 4 nitrogen and oxygen atoms in total. The van der Waals surface area contributed by atoms with E-state index in [2.05, 4.69) is 5.32 Å². The number of benzene rings is 3. The SMILES string of the molecule is O=C(O)c1ccc(-c2cccc(NC(=O)c3cc4ccccc4s3)c2)cc1. The minimum atomic E-state index is -0.953. The van der Waals surface area contributed by atoms with E-state index < -0.39 is 5.97 Å². The van der Waals surface area contributed by atoms with Gasteiger partial charge in [-0.15, -0.1) is 11.3 Å². The summed E-state index contributed by atoms with van der Waals surface area (Å²) < 4.78 is 1.08. The van der Waals surface area contributed by atoms with Crippen LogP contribution in [0.5, 0.6) is 0 Å². The number of carboxylic acids is 1. The van der Waals surface area contributed by atoms with Gasteiger partial charge in [0.25, 0.3) is 5.91 Å². The summed E-state index contributed by atoms with van der Waals surface area (Å²) in [6.07, 6.45) is 0. The van der Waals surface area contributed by atoms with Crippen LogP contribution < -0.4 is 5.32 Å². The molecule has 3 aromatic carbocycles. The van der Waals surface area contributed by atoms with Crippen molar-refractivity contribution in [2.24, 2.45) is 0 Å². The molecule has 0 aliphatic rings. The summed E-state index contributed by atoms with van der Waals surface area (Å²) in [6.45, 7) is 0. The normalized spacial score (nSPS) is 10.7. The highest BCUT2D eigenvalue weighted by Crippen LogP contribution is 2.27. The van der Waals surface area contributed by atoms with Crippen molar-refractivity contribution in [1.29, 1.82) is 0 Å². The molecule has 27 heavy (non-hydrogen) atoms. The number of aromatic carboxylic acids is 1. The first-order valence-electron chi connectivity index (χ1n) is 8.34. The zero-order valence-corrected chi connectivity index (χ0v) is 15.0. The molecule has 0 spiro atoms. The number of hydrogen-bond acceptors (Lipinski definition) is 3. The molecule has 0 atom stereocenters. The van der Waals surface area contributed by atoms with E-state index in [1.165, 1.54) is 11.3 Å². The van der Waals surface area contributed by atoms with Gasteiger partial charge < -0.3 is 10.4 Å². The van der Waals surface area contributed by atoms with Gasteiger partial charge in [0.05, 0.1) is 10.4 Å². The molecular weight excluding hydrogens is 358 g/mol. The second-order valence-electron chi connectivity index (χ2n) is 6.07. The van der Waals surface area contributed by atoms with Crippen LogP contribution in [0.2, 0.25) is 0 Å². The van der Waals surface area contributed by atoms with Crippen molar-refractivity contribution in [3.63, 3.8) is 0 Å². The van der Waals surface area contributed by atoms with Crippen LogP contribution in [0.3, 0.4) is 0 Å². The van der Waals surface area contributed by atoms with Gasteiger partial charge in [0, 0.05) is 10.4 Å². The van der Waals surface area contributed by atoms with E-state index in [9.17, 15) is 9.59 Å². The summed E-state index contributed by atoms with van der Waals surface area (Å²) in [5.74, 6) is -1.10. The molecular formula is C22H15NO3S. The number of carboxylic acid groups (broad SMARTS) is 1. The minimum Gasteiger partial charge on any atom is -0.478 e. The van der Waals surface area contributed by atoms with Gasteiger partial charge in [-0.05, 0) is 52.9 Å². The van der Waals surface area contributed by atoms with E-state index in [4.69, 9.17) is 5.11 Å². The lowest BCUT2D eigenvalue weighted by Crippen LogP contribution is -2.09. The van der Waals surface area contributed by atoms with Gasteiger partial charge in [0.2, 0.25) is 0 Å². The summed E-state index contributed by atoms with van der Waals surface area (Å²) in [6, 6.07) is 23.9. The number of carbonyl (C=O) groups is 2. The van der Waals surface area contributed by atoms with E-state index in [-0.39, 0.29) is 11.5 Å². The van der Waals surface area contributed by atoms with Crippen molar-refractivity contribution in [2.45, 2.75) is 0 Å². The third kappa shape index (κ3) is 3.59. The van der Waals surface area contributed by atoms with Gasteiger partial charge >= 0.3 is 5.97 Å². The molecule has 0 unspecified atom stereocenters. The third-order valence-corrected chi connectivity index (χ3v) is 5.35. The zero-order valence-electron chi connectivity index (χ0n) is 14.2. The fourth-order valence-electron chi connectivity index (χ4n) is 2.87. The summed E-state index contributed by atoms with van der Waals surface area (Å²) in [5, 5.41) is 13.0. The van der Waals surface area contributed by atoms with Gasteiger partial charge in [-0.2, -0.15) is 0 Å². The molecule has 2 N–H and O–H groups in total. The van der Waals surface area contributed by atoms with Crippen molar-refractivity contribution >= 4 is 39.0 Å². The largest absolute Gasteiger partial charge is 0.478 e. The second-order valence-corrected chi connectivity index (χ2v) is 7.15. The summed E-state index contributed by atoms with van der Waals surface area (Å²) in [7, 11) is 0. The third-order valence-electron chi connectivity index (χ3n) is 4.23. The number of hydrogen-bond donors (Lipinski definition) is 2. The molecule has 1 aromatic heterocycles. The Bertz CT molecular complexity index is 1110. The van der Waals surface area contributed by atoms with Crippen molar-refractivity contribution in [3.05, 3.63) is 89.3 Å². The fraction of sp³-hybridized carbons (Fsp3) is 0. The maximum atomic E-state index is 12.6. The van der Waals surface area contributed by atoms with Gasteiger partial charge in [0.1, 0.15) is 0 Å². The van der Waals surface area contributed by atoms with Crippen molar-refractivity contribution in [3.8, 4) is 11.1 Å². The zero-order chi connectivity index (χ0) is 18.8. The molecule has 0 fully saturated rings. The molecule has 0 aliphatic carbocycles. The van der Waals surface area contributed by atoms with Crippen LogP contribution in [0.1, 0.15) is 20.0 Å². The molecule has 4 aromatic rings. The summed E-state index contributed by atoms with van der Waals surface area (Å²) in [4.78, 5) is 24.2. The average Bonchev–Trinajstić information content (AvgIpc) is 3.13. The number of fused-ring (bicyclic) bond motifs is 1. The van der Waals surface area contributed by atoms with Crippen LogP contribution >= 0.6 is 11.3 Å². The topological polar surface area (TPSA) is 66.4 Å². The lowest BCUT2D eigenvalue weighted by Gasteiger charge is -2.07. The van der Waals surface area contributed by atoms with Crippen molar-refractivity contribution in [2.75, 3.05) is 5.32 Å². The Hall–Kier alpha value is -3.44. The smallest absolute Gasteiger partial charge is 0.335 e. The van der Waals surface area contributed by atoms with Crippen molar-refractivity contribution < 1.29 is 14.7 Å². The van der Waals surface area contributed by atoms with Gasteiger partial charge in [-0.3, -0.25) is 4.79 Å². The highest BCUT2D eigenvalue weighted by atomic mass is 32.1. The predicted molar refractivity (Wildman–Crippen MR) is 109 cm³/mol. The average molecular weight is 373 g/mol. The number of carbonyl (C=O) groups excluding carboxylic acids is 1. The first-order chi connectivity index (χ1) is 13.1. The number of rotatable bonds is 4. The summed E-state index contributed by atoms with van der Waals surface area (Å²) >= 11 is 1.46. The Balaban J connectivity index is 1.56. The molecule has 0 saturated carbocycles. The highest BCUT2D eigenvalue weighted by Gasteiger charge is 2.11. The fourth-order valence-corrected chi connectivity index (χ4v) is 3.83. The van der Waals surface area contributed by atoms with Crippen LogP contribution in [-0.4, -0.2) is 17.0 Å². The Kier molecular flexibility index (Phi) is 4.44. The standard InChI is InChI=1S/C22H15NO3S/c24-21(20-13-17-4-1-2-7-19(17)27-20)23-18-6-3-5-16(12-18)14-8-10-15(11-9-14)22(25)26/h1-13H,(H,23,24)(H,25,26). The first-order valence-corrected chi connectivity index (χ1v) is 9.15. The van der Waals surface area contributed by atoms with Crippen LogP contribution in [-0.2, 0) is 0 Å². The second kappa shape index (κ2) is 7.05. The number of thiophene rings is 1. The number of nitrogens with one attached hydrogen (secondary N) is 1. The molecule has 4 rings (SSSR count). The van der Waals surface area contributed by atoms with Gasteiger partial charge in [-0.1, -0.05) is 42.5 Å². The van der Waals surface area contributed by atoms with Crippen LogP contribution in [0, 0.1) is 0 Å². The quantitative estimate of drug-likeness (QED) is 0.495. The lowest BCUT2D eigenvalue weighted by molar-refractivity contribution is 0.0696. The monoisotopic (exact) mass is 373 g/mol. The Morgan fingerprint density at radius 2 is 1.59 bits per heavy atom. The number of amides is 1. The Morgan fingerprint density at radius 1 is 0.815 bits per heavy atom. The van der Waals surface area contributed by atoms with E-state index in [1.54, 1.807) is 24.3 Å². The first kappa shape index (κ1) is 17.0. The van der Waals surface area contributed by atoms with Gasteiger partial charge in [0.15, 0.2) is 0 Å². The highest BCUT2D eigenvalue weighted by molar-refractivity contribution is 7.20. The predicted octanol–water partition coefficient (Wildman–Crippen LogP) is 5.52. The molecule has 0 saturated heterocycles. The molecule has 5 heteroatoms. The van der Waals surface area contributed by atoms with E-state index in [0.717, 1.165) is 21.2 Å². The maximum absolute atomic E-state index is 12.6. The van der Waals surface area contributed by atoms with Gasteiger partial charge in [-0.25, -0.2) is 4.79 Å². The molecule has 1 amide bonds.